The molecule has 1 aromatic heterocycles. The lowest BCUT2D eigenvalue weighted by atomic mass is 10.2. The summed E-state index contributed by atoms with van der Waals surface area (Å²) in [4.78, 5) is 26.6. The molecule has 1 unspecified atom stereocenters. The van der Waals surface area contributed by atoms with Crippen LogP contribution >= 0.6 is 23.2 Å². The van der Waals surface area contributed by atoms with Crippen LogP contribution in [-0.4, -0.2) is 37.3 Å². The zero-order valence-corrected chi connectivity index (χ0v) is 22.4. The van der Waals surface area contributed by atoms with Crippen LogP contribution in [0.1, 0.15) is 41.5 Å². The number of phenolic OH excluding ortho intramolecular Hbond substituents is 1. The lowest BCUT2D eigenvalue weighted by Gasteiger charge is -2.27. The van der Waals surface area contributed by atoms with E-state index in [-0.39, 0.29) is 37.3 Å². The molecule has 0 aliphatic rings. The number of phenols is 1. The second kappa shape index (κ2) is 9.72. The van der Waals surface area contributed by atoms with E-state index in [2.05, 4.69) is 0 Å². The predicted molar refractivity (Wildman–Crippen MR) is 137 cm³/mol. The second-order valence-electron chi connectivity index (χ2n) is 9.64. The van der Waals surface area contributed by atoms with Crippen molar-refractivity contribution < 1.29 is 28.4 Å². The standard InChI is InChI=1S/C24H26Cl2N2O6S/c1-23(2,3)33-21(30)27-13-17(26)19-16(25)11-12-18(20(19)27)28(22(31)34-24(4,5)6)35(32)15-9-7-14(29)8-10-15/h7-13,29H,1-6H3. The van der Waals surface area contributed by atoms with Crippen LogP contribution < -0.4 is 4.31 Å². The van der Waals surface area contributed by atoms with Crippen LogP contribution in [0.25, 0.3) is 10.9 Å². The van der Waals surface area contributed by atoms with Crippen molar-refractivity contribution >= 4 is 63.0 Å². The summed E-state index contributed by atoms with van der Waals surface area (Å²) in [5.41, 5.74) is -1.55. The molecule has 2 aromatic carbocycles. The van der Waals surface area contributed by atoms with Gasteiger partial charge in [-0.1, -0.05) is 23.2 Å². The van der Waals surface area contributed by atoms with E-state index >= 15 is 0 Å². The molecule has 3 rings (SSSR count). The van der Waals surface area contributed by atoms with Crippen LogP contribution in [0, 0.1) is 0 Å². The fourth-order valence-corrected chi connectivity index (χ4v) is 4.78. The van der Waals surface area contributed by atoms with Gasteiger partial charge in [0.1, 0.15) is 17.0 Å². The number of ether oxygens (including phenoxy) is 2. The molecule has 0 saturated heterocycles. The van der Waals surface area contributed by atoms with Gasteiger partial charge in [0.2, 0.25) is 0 Å². The molecule has 0 aliphatic carbocycles. The third-order valence-corrected chi connectivity index (χ3v) is 6.35. The molecule has 0 saturated carbocycles. The van der Waals surface area contributed by atoms with Gasteiger partial charge in [0.05, 0.1) is 26.1 Å². The minimum absolute atomic E-state index is 0.0333. The summed E-state index contributed by atoms with van der Waals surface area (Å²) in [6, 6.07) is 8.45. The number of rotatable bonds is 3. The van der Waals surface area contributed by atoms with Crippen LogP contribution in [0.4, 0.5) is 15.3 Å². The second-order valence-corrected chi connectivity index (χ2v) is 11.8. The molecular weight excluding hydrogens is 515 g/mol. The highest BCUT2D eigenvalue weighted by Gasteiger charge is 2.33. The van der Waals surface area contributed by atoms with Crippen LogP contribution in [-0.2, 0) is 20.5 Å². The average molecular weight is 541 g/mol. The first-order valence-corrected chi connectivity index (χ1v) is 12.4. The number of hydrogen-bond acceptors (Lipinski definition) is 6. The fraction of sp³-hybridized carbons (Fsp3) is 0.333. The molecule has 8 nitrogen and oxygen atoms in total. The Hall–Kier alpha value is -2.75. The zero-order valence-electron chi connectivity index (χ0n) is 20.1. The van der Waals surface area contributed by atoms with E-state index in [1.54, 1.807) is 41.5 Å². The number of carbonyl (C=O) groups is 2. The van der Waals surface area contributed by atoms with Gasteiger partial charge in [-0.3, -0.25) is 0 Å². The quantitative estimate of drug-likeness (QED) is 0.387. The normalized spacial score (nSPS) is 12.9. The Balaban J connectivity index is 2.29. The van der Waals surface area contributed by atoms with Gasteiger partial charge in [-0.15, -0.1) is 0 Å². The average Bonchev–Trinajstić information content (AvgIpc) is 3.06. The highest BCUT2D eigenvalue weighted by molar-refractivity contribution is 7.87. The number of amides is 1. The largest absolute Gasteiger partial charge is 0.508 e. The smallest absolute Gasteiger partial charge is 0.427 e. The van der Waals surface area contributed by atoms with Crippen LogP contribution in [0.2, 0.25) is 10.0 Å². The Morgan fingerprint density at radius 3 is 2.03 bits per heavy atom. The molecule has 0 aliphatic heterocycles. The number of aromatic hydroxyl groups is 1. The monoisotopic (exact) mass is 540 g/mol. The first kappa shape index (κ1) is 26.8. The first-order valence-electron chi connectivity index (χ1n) is 10.6. The van der Waals surface area contributed by atoms with Gasteiger partial charge < -0.3 is 14.6 Å². The fourth-order valence-electron chi connectivity index (χ4n) is 3.11. The van der Waals surface area contributed by atoms with E-state index in [9.17, 15) is 18.9 Å². The lowest BCUT2D eigenvalue weighted by Crippen LogP contribution is -2.38. The maximum Gasteiger partial charge on any atom is 0.427 e. The molecule has 1 amide bonds. The number of aromatic nitrogens is 1. The molecule has 0 bridgehead atoms. The van der Waals surface area contributed by atoms with E-state index in [0.717, 1.165) is 8.87 Å². The van der Waals surface area contributed by atoms with Gasteiger partial charge in [-0.2, -0.15) is 4.31 Å². The number of hydrogen-bond donors (Lipinski definition) is 1. The molecule has 0 fully saturated rings. The van der Waals surface area contributed by atoms with Gasteiger partial charge in [0.25, 0.3) is 0 Å². The predicted octanol–water partition coefficient (Wildman–Crippen LogP) is 6.90. The molecule has 0 radical (unpaired) electrons. The summed E-state index contributed by atoms with van der Waals surface area (Å²) >= 11 is 12.8. The number of anilines is 1. The molecule has 1 heterocycles. The Bertz CT molecular complexity index is 1310. The van der Waals surface area contributed by atoms with Gasteiger partial charge in [-0.05, 0) is 77.9 Å². The highest BCUT2D eigenvalue weighted by atomic mass is 35.5. The van der Waals surface area contributed by atoms with Gasteiger partial charge >= 0.3 is 12.2 Å². The number of fused-ring (bicyclic) bond motifs is 1. The molecular formula is C24H26Cl2N2O6S. The Morgan fingerprint density at radius 2 is 1.49 bits per heavy atom. The SMILES string of the molecule is CC(C)(C)OC(=O)N(c1ccc(Cl)c2c(Cl)cn(C(=O)OC(C)(C)C)c12)S(=O)c1ccc(O)cc1. The van der Waals surface area contributed by atoms with E-state index < -0.39 is 34.4 Å². The Kier molecular flexibility index (Phi) is 7.45. The van der Waals surface area contributed by atoms with E-state index in [0.29, 0.717) is 0 Å². The van der Waals surface area contributed by atoms with Crippen molar-refractivity contribution in [2.45, 2.75) is 57.6 Å². The van der Waals surface area contributed by atoms with Crippen LogP contribution in [0.5, 0.6) is 5.75 Å². The number of carbonyl (C=O) groups excluding carboxylic acids is 2. The van der Waals surface area contributed by atoms with E-state index in [4.69, 9.17) is 32.7 Å². The van der Waals surface area contributed by atoms with E-state index in [1.165, 1.54) is 42.6 Å². The van der Waals surface area contributed by atoms with Crippen LogP contribution in [0.3, 0.4) is 0 Å². The van der Waals surface area contributed by atoms with Crippen molar-refractivity contribution in [3.05, 3.63) is 52.6 Å². The van der Waals surface area contributed by atoms with E-state index in [1.807, 2.05) is 0 Å². The minimum Gasteiger partial charge on any atom is -0.508 e. The van der Waals surface area contributed by atoms with Gasteiger partial charge in [0, 0.05) is 11.6 Å². The molecule has 188 valence electrons. The lowest BCUT2D eigenvalue weighted by molar-refractivity contribution is 0.0540. The summed E-state index contributed by atoms with van der Waals surface area (Å²) in [6.45, 7) is 10.1. The summed E-state index contributed by atoms with van der Waals surface area (Å²) in [5, 5.41) is 10.3. The number of halogens is 2. The topological polar surface area (TPSA) is 98.1 Å². The molecule has 11 heteroatoms. The zero-order chi connectivity index (χ0) is 26.3. The van der Waals surface area contributed by atoms with Crippen molar-refractivity contribution in [3.63, 3.8) is 0 Å². The van der Waals surface area contributed by atoms with Crippen molar-refractivity contribution in [2.75, 3.05) is 4.31 Å². The maximum atomic E-state index is 13.7. The Morgan fingerprint density at radius 1 is 0.914 bits per heavy atom. The maximum absolute atomic E-state index is 13.7. The molecule has 3 aromatic rings. The summed E-state index contributed by atoms with van der Waals surface area (Å²) < 4.78 is 26.8. The third-order valence-electron chi connectivity index (χ3n) is 4.40. The summed E-state index contributed by atoms with van der Waals surface area (Å²) in [7, 11) is -2.14. The van der Waals surface area contributed by atoms with Gasteiger partial charge in [-0.25, -0.2) is 18.4 Å². The molecule has 35 heavy (non-hydrogen) atoms. The summed E-state index contributed by atoms with van der Waals surface area (Å²) in [6.07, 6.45) is -0.370. The molecule has 0 spiro atoms. The first-order chi connectivity index (χ1) is 16.1. The van der Waals surface area contributed by atoms with Gasteiger partial charge in [0.15, 0.2) is 11.0 Å². The van der Waals surface area contributed by atoms with Crippen LogP contribution in [0.15, 0.2) is 47.5 Å². The highest BCUT2D eigenvalue weighted by Crippen LogP contribution is 2.40. The number of benzene rings is 2. The Labute approximate surface area is 215 Å². The van der Waals surface area contributed by atoms with Crippen molar-refractivity contribution in [3.8, 4) is 5.75 Å². The number of nitrogens with zero attached hydrogens (tertiary/aromatic N) is 2. The third kappa shape index (κ3) is 6.09. The minimum atomic E-state index is -2.14. The van der Waals surface area contributed by atoms with Crippen molar-refractivity contribution in [1.29, 1.82) is 0 Å². The van der Waals surface area contributed by atoms with Crippen molar-refractivity contribution in [1.82, 2.24) is 4.57 Å². The molecule has 1 N–H and O–H groups in total. The van der Waals surface area contributed by atoms with Crippen molar-refractivity contribution in [2.24, 2.45) is 0 Å². The molecule has 1 atom stereocenters. The summed E-state index contributed by atoms with van der Waals surface area (Å²) in [5.74, 6) is -0.0333.